The van der Waals surface area contributed by atoms with Crippen molar-refractivity contribution in [1.29, 1.82) is 0 Å². The molecule has 0 saturated carbocycles. The van der Waals surface area contributed by atoms with Crippen molar-refractivity contribution in [2.24, 2.45) is 10.7 Å². The number of hydrogen-bond donors (Lipinski definition) is 1. The van der Waals surface area contributed by atoms with Crippen molar-refractivity contribution in [3.05, 3.63) is 34.9 Å². The van der Waals surface area contributed by atoms with Crippen LogP contribution in [0.2, 0.25) is 5.02 Å². The summed E-state index contributed by atoms with van der Waals surface area (Å²) in [6.07, 6.45) is 0. The first-order valence-electron chi connectivity index (χ1n) is 6.71. The lowest BCUT2D eigenvalue weighted by Crippen LogP contribution is -2.38. The van der Waals surface area contributed by atoms with E-state index in [-0.39, 0.29) is 29.4 Å². The lowest BCUT2D eigenvalue weighted by atomic mass is 9.85. The van der Waals surface area contributed by atoms with Crippen LogP contribution in [-0.2, 0) is 5.41 Å². The van der Waals surface area contributed by atoms with Crippen LogP contribution in [-0.4, -0.2) is 30.5 Å². The second-order valence-corrected chi connectivity index (χ2v) is 5.67. The number of guanidine groups is 1. The standard InChI is InChI=1S/C15H24ClN3.HI/c1-5-19(6-2)14(17)18-11-15(3,4)12-7-9-13(16)10-8-12;/h7-10H,5-6,11H2,1-4H3,(H2,17,18);1H. The molecule has 0 radical (unpaired) electrons. The van der Waals surface area contributed by atoms with Crippen LogP contribution < -0.4 is 5.73 Å². The SMILES string of the molecule is CCN(CC)C(N)=NCC(C)(C)c1ccc(Cl)cc1.I. The Hall–Kier alpha value is -0.490. The summed E-state index contributed by atoms with van der Waals surface area (Å²) in [5.41, 5.74) is 7.17. The summed E-state index contributed by atoms with van der Waals surface area (Å²) >= 11 is 5.91. The van der Waals surface area contributed by atoms with Gasteiger partial charge in [0.05, 0.1) is 6.54 Å². The summed E-state index contributed by atoms with van der Waals surface area (Å²) in [5, 5.41) is 0.755. The number of rotatable bonds is 5. The van der Waals surface area contributed by atoms with E-state index in [1.807, 2.05) is 24.3 Å². The minimum atomic E-state index is -0.0532. The Morgan fingerprint density at radius 1 is 1.20 bits per heavy atom. The van der Waals surface area contributed by atoms with E-state index in [0.29, 0.717) is 12.5 Å². The molecule has 0 aliphatic carbocycles. The topological polar surface area (TPSA) is 41.6 Å². The normalized spacial score (nSPS) is 11.9. The molecule has 0 saturated heterocycles. The van der Waals surface area contributed by atoms with Crippen molar-refractivity contribution in [2.45, 2.75) is 33.1 Å². The van der Waals surface area contributed by atoms with Gasteiger partial charge in [-0.05, 0) is 31.5 Å². The Balaban J connectivity index is 0.00000361. The summed E-state index contributed by atoms with van der Waals surface area (Å²) < 4.78 is 0. The van der Waals surface area contributed by atoms with Crippen LogP contribution in [0.3, 0.4) is 0 Å². The predicted octanol–water partition coefficient (Wildman–Crippen LogP) is 3.89. The zero-order valence-corrected chi connectivity index (χ0v) is 15.8. The third-order valence-corrected chi connectivity index (χ3v) is 3.60. The molecule has 0 atom stereocenters. The average molecular weight is 410 g/mol. The largest absolute Gasteiger partial charge is 0.370 e. The van der Waals surface area contributed by atoms with E-state index in [9.17, 15) is 0 Å². The molecule has 0 heterocycles. The maximum atomic E-state index is 6.00. The number of aliphatic imine (C=N–C) groups is 1. The molecule has 2 N–H and O–H groups in total. The van der Waals surface area contributed by atoms with E-state index in [1.54, 1.807) is 0 Å². The van der Waals surface area contributed by atoms with E-state index < -0.39 is 0 Å². The molecular formula is C15H25ClIN3. The highest BCUT2D eigenvalue weighted by molar-refractivity contribution is 14.0. The van der Waals surface area contributed by atoms with Crippen LogP contribution >= 0.6 is 35.6 Å². The Kier molecular flexibility index (Phi) is 8.51. The maximum Gasteiger partial charge on any atom is 0.191 e. The number of hydrogen-bond acceptors (Lipinski definition) is 1. The highest BCUT2D eigenvalue weighted by atomic mass is 127. The van der Waals surface area contributed by atoms with Gasteiger partial charge in [0.1, 0.15) is 0 Å². The van der Waals surface area contributed by atoms with Crippen molar-refractivity contribution in [3.8, 4) is 0 Å². The van der Waals surface area contributed by atoms with Crippen LogP contribution in [0.15, 0.2) is 29.3 Å². The van der Waals surface area contributed by atoms with E-state index >= 15 is 0 Å². The lowest BCUT2D eigenvalue weighted by molar-refractivity contribution is 0.451. The fourth-order valence-electron chi connectivity index (χ4n) is 1.92. The molecule has 0 aliphatic rings. The average Bonchev–Trinajstić information content (AvgIpc) is 2.38. The monoisotopic (exact) mass is 409 g/mol. The zero-order valence-electron chi connectivity index (χ0n) is 12.7. The van der Waals surface area contributed by atoms with Gasteiger partial charge < -0.3 is 10.6 Å². The van der Waals surface area contributed by atoms with Gasteiger partial charge in [0, 0.05) is 23.5 Å². The third kappa shape index (κ3) is 5.48. The van der Waals surface area contributed by atoms with Gasteiger partial charge in [0.15, 0.2) is 5.96 Å². The molecule has 1 aromatic rings. The number of nitrogens with two attached hydrogens (primary N) is 1. The second-order valence-electron chi connectivity index (χ2n) is 5.24. The van der Waals surface area contributed by atoms with Gasteiger partial charge in [-0.25, -0.2) is 0 Å². The van der Waals surface area contributed by atoms with E-state index in [1.165, 1.54) is 5.56 Å². The molecule has 0 spiro atoms. The zero-order chi connectivity index (χ0) is 14.5. The molecule has 0 fully saturated rings. The molecule has 114 valence electrons. The van der Waals surface area contributed by atoms with Gasteiger partial charge in [-0.15, -0.1) is 24.0 Å². The molecule has 0 bridgehead atoms. The summed E-state index contributed by atoms with van der Waals surface area (Å²) in [7, 11) is 0. The van der Waals surface area contributed by atoms with E-state index in [0.717, 1.165) is 18.1 Å². The summed E-state index contributed by atoms with van der Waals surface area (Å²) in [6.45, 7) is 10.9. The Morgan fingerprint density at radius 3 is 2.15 bits per heavy atom. The molecule has 0 unspecified atom stereocenters. The molecule has 0 amide bonds. The number of halogens is 2. The first kappa shape index (κ1) is 19.5. The summed E-state index contributed by atoms with van der Waals surface area (Å²) in [4.78, 5) is 6.58. The molecule has 3 nitrogen and oxygen atoms in total. The lowest BCUT2D eigenvalue weighted by Gasteiger charge is -2.25. The minimum Gasteiger partial charge on any atom is -0.370 e. The number of benzene rings is 1. The van der Waals surface area contributed by atoms with Crippen molar-refractivity contribution in [1.82, 2.24) is 4.90 Å². The van der Waals surface area contributed by atoms with Crippen molar-refractivity contribution >= 4 is 41.5 Å². The van der Waals surface area contributed by atoms with Crippen LogP contribution in [0.4, 0.5) is 0 Å². The Labute approximate surface area is 144 Å². The fraction of sp³-hybridized carbons (Fsp3) is 0.533. The minimum absolute atomic E-state index is 0. The summed E-state index contributed by atoms with van der Waals surface area (Å²) in [5.74, 6) is 0.618. The third-order valence-electron chi connectivity index (χ3n) is 3.35. The molecule has 0 aliphatic heterocycles. The van der Waals surface area contributed by atoms with Gasteiger partial charge in [-0.1, -0.05) is 37.6 Å². The smallest absolute Gasteiger partial charge is 0.191 e. The second kappa shape index (κ2) is 8.72. The first-order valence-corrected chi connectivity index (χ1v) is 7.09. The van der Waals surface area contributed by atoms with Gasteiger partial charge in [-0.2, -0.15) is 0 Å². The van der Waals surface area contributed by atoms with Crippen molar-refractivity contribution in [3.63, 3.8) is 0 Å². The summed E-state index contributed by atoms with van der Waals surface area (Å²) in [6, 6.07) is 7.92. The number of nitrogens with zero attached hydrogens (tertiary/aromatic N) is 2. The first-order chi connectivity index (χ1) is 8.90. The van der Waals surface area contributed by atoms with Gasteiger partial charge in [0.25, 0.3) is 0 Å². The molecule has 1 rings (SSSR count). The van der Waals surface area contributed by atoms with Gasteiger partial charge in [0.2, 0.25) is 0 Å². The van der Waals surface area contributed by atoms with Crippen LogP contribution in [0.25, 0.3) is 0 Å². The Bertz CT molecular complexity index is 425. The fourth-order valence-corrected chi connectivity index (χ4v) is 2.04. The highest BCUT2D eigenvalue weighted by Crippen LogP contribution is 2.24. The molecular weight excluding hydrogens is 385 g/mol. The van der Waals surface area contributed by atoms with E-state index in [4.69, 9.17) is 17.3 Å². The maximum absolute atomic E-state index is 6.00. The molecule has 20 heavy (non-hydrogen) atoms. The van der Waals surface area contributed by atoms with Crippen molar-refractivity contribution in [2.75, 3.05) is 19.6 Å². The van der Waals surface area contributed by atoms with Crippen LogP contribution in [0.5, 0.6) is 0 Å². The van der Waals surface area contributed by atoms with E-state index in [2.05, 4.69) is 37.6 Å². The van der Waals surface area contributed by atoms with Crippen LogP contribution in [0, 0.1) is 0 Å². The Morgan fingerprint density at radius 2 is 1.70 bits per heavy atom. The predicted molar refractivity (Wildman–Crippen MR) is 99.3 cm³/mol. The van der Waals surface area contributed by atoms with Crippen LogP contribution in [0.1, 0.15) is 33.3 Å². The van der Waals surface area contributed by atoms with Gasteiger partial charge >= 0.3 is 0 Å². The van der Waals surface area contributed by atoms with Gasteiger partial charge in [-0.3, -0.25) is 4.99 Å². The highest BCUT2D eigenvalue weighted by Gasteiger charge is 2.20. The van der Waals surface area contributed by atoms with Crippen molar-refractivity contribution < 1.29 is 0 Å². The molecule has 1 aromatic carbocycles. The molecule has 0 aromatic heterocycles. The molecule has 5 heteroatoms. The quantitative estimate of drug-likeness (QED) is 0.455.